The van der Waals surface area contributed by atoms with Gasteiger partial charge in [-0.25, -0.2) is 0 Å². The minimum Gasteiger partial charge on any atom is -0.364 e. The summed E-state index contributed by atoms with van der Waals surface area (Å²) in [6.45, 7) is 2.08. The lowest BCUT2D eigenvalue weighted by Gasteiger charge is -2.11. The predicted molar refractivity (Wildman–Crippen MR) is 48.9 cm³/mol. The van der Waals surface area contributed by atoms with Crippen LogP contribution in [0.2, 0.25) is 0 Å². The molecular formula is C8H14O4S. The second-order valence-electron chi connectivity index (χ2n) is 2.99. The maximum atomic E-state index is 10.6. The average molecular weight is 206 g/mol. The number of rotatable bonds is 4. The summed E-state index contributed by atoms with van der Waals surface area (Å²) in [6, 6.07) is 0. The molecule has 0 aromatic rings. The molecule has 0 aromatic heterocycles. The van der Waals surface area contributed by atoms with E-state index >= 15 is 0 Å². The average Bonchev–Trinajstić information content (AvgIpc) is 2.47. The molecule has 0 saturated carbocycles. The molecule has 0 radical (unpaired) electrons. The van der Waals surface area contributed by atoms with Crippen molar-refractivity contribution in [2.75, 3.05) is 12.9 Å². The van der Waals surface area contributed by atoms with E-state index in [1.165, 1.54) is 0 Å². The maximum Gasteiger partial charge on any atom is 0.264 e. The Kier molecular flexibility index (Phi) is 3.47. The SMILES string of the molecule is CCC1C=CC(COS(C)(=O)=O)O1. The van der Waals surface area contributed by atoms with E-state index in [0.29, 0.717) is 0 Å². The normalized spacial score (nSPS) is 28.2. The quantitative estimate of drug-likeness (QED) is 0.502. The van der Waals surface area contributed by atoms with Crippen molar-refractivity contribution in [3.63, 3.8) is 0 Å². The van der Waals surface area contributed by atoms with Crippen LogP contribution in [0.5, 0.6) is 0 Å². The van der Waals surface area contributed by atoms with Crippen LogP contribution in [0.15, 0.2) is 12.2 Å². The summed E-state index contributed by atoms with van der Waals surface area (Å²) in [7, 11) is -3.35. The van der Waals surface area contributed by atoms with Crippen LogP contribution >= 0.6 is 0 Å². The van der Waals surface area contributed by atoms with Gasteiger partial charge < -0.3 is 4.74 Å². The molecule has 1 heterocycles. The summed E-state index contributed by atoms with van der Waals surface area (Å²) >= 11 is 0. The van der Waals surface area contributed by atoms with Crippen molar-refractivity contribution in [1.29, 1.82) is 0 Å². The Morgan fingerprint density at radius 1 is 1.38 bits per heavy atom. The lowest BCUT2D eigenvalue weighted by Crippen LogP contribution is -2.19. The highest BCUT2D eigenvalue weighted by molar-refractivity contribution is 7.85. The minimum atomic E-state index is -3.35. The Bertz CT molecular complexity index is 281. The Morgan fingerprint density at radius 2 is 2.00 bits per heavy atom. The van der Waals surface area contributed by atoms with E-state index < -0.39 is 10.1 Å². The first kappa shape index (κ1) is 10.7. The molecule has 0 spiro atoms. The van der Waals surface area contributed by atoms with Crippen molar-refractivity contribution in [2.45, 2.75) is 25.6 Å². The zero-order valence-corrected chi connectivity index (χ0v) is 8.58. The van der Waals surface area contributed by atoms with Gasteiger partial charge in [0.25, 0.3) is 10.1 Å². The third-order valence-electron chi connectivity index (χ3n) is 1.74. The van der Waals surface area contributed by atoms with Gasteiger partial charge >= 0.3 is 0 Å². The number of hydrogen-bond donors (Lipinski definition) is 0. The van der Waals surface area contributed by atoms with Gasteiger partial charge in [-0.1, -0.05) is 19.1 Å². The molecule has 1 aliphatic heterocycles. The van der Waals surface area contributed by atoms with Crippen LogP contribution in [-0.4, -0.2) is 33.5 Å². The molecule has 0 aromatic carbocycles. The molecule has 4 nitrogen and oxygen atoms in total. The summed E-state index contributed by atoms with van der Waals surface area (Å²) in [5.41, 5.74) is 0. The summed E-state index contributed by atoms with van der Waals surface area (Å²) in [5.74, 6) is 0. The first-order chi connectivity index (χ1) is 6.01. The highest BCUT2D eigenvalue weighted by atomic mass is 32.2. The molecule has 0 bridgehead atoms. The van der Waals surface area contributed by atoms with E-state index in [9.17, 15) is 8.42 Å². The second-order valence-corrected chi connectivity index (χ2v) is 4.64. The van der Waals surface area contributed by atoms with Gasteiger partial charge in [-0.05, 0) is 6.42 Å². The Balaban J connectivity index is 2.30. The van der Waals surface area contributed by atoms with E-state index in [1.54, 1.807) is 0 Å². The molecule has 2 unspecified atom stereocenters. The summed E-state index contributed by atoms with van der Waals surface area (Å²) < 4.78 is 31.3. The third kappa shape index (κ3) is 3.89. The fraction of sp³-hybridized carbons (Fsp3) is 0.750. The van der Waals surface area contributed by atoms with Crippen molar-refractivity contribution < 1.29 is 17.3 Å². The van der Waals surface area contributed by atoms with E-state index in [1.807, 2.05) is 19.1 Å². The van der Waals surface area contributed by atoms with Gasteiger partial charge in [-0.3, -0.25) is 4.18 Å². The van der Waals surface area contributed by atoms with E-state index in [0.717, 1.165) is 12.7 Å². The molecule has 1 aliphatic rings. The molecular weight excluding hydrogens is 192 g/mol. The Labute approximate surface area is 78.7 Å². The molecule has 5 heteroatoms. The van der Waals surface area contributed by atoms with Gasteiger partial charge in [0.2, 0.25) is 0 Å². The maximum absolute atomic E-state index is 10.6. The first-order valence-corrected chi connectivity index (χ1v) is 6.01. The standard InChI is InChI=1S/C8H14O4S/c1-3-7-4-5-8(12-7)6-11-13(2,9)10/h4-5,7-8H,3,6H2,1-2H3. The highest BCUT2D eigenvalue weighted by Crippen LogP contribution is 2.14. The third-order valence-corrected chi connectivity index (χ3v) is 2.30. The Morgan fingerprint density at radius 3 is 2.46 bits per heavy atom. The molecule has 0 aliphatic carbocycles. The lowest BCUT2D eigenvalue weighted by atomic mass is 10.3. The van der Waals surface area contributed by atoms with Gasteiger partial charge in [-0.2, -0.15) is 8.42 Å². The van der Waals surface area contributed by atoms with Crippen LogP contribution in [0.25, 0.3) is 0 Å². The van der Waals surface area contributed by atoms with Crippen LogP contribution in [0, 0.1) is 0 Å². The number of ether oxygens (including phenoxy) is 1. The number of hydrogen-bond acceptors (Lipinski definition) is 4. The largest absolute Gasteiger partial charge is 0.364 e. The minimum absolute atomic E-state index is 0.0752. The summed E-state index contributed by atoms with van der Waals surface area (Å²) in [6.07, 6.45) is 5.57. The van der Waals surface area contributed by atoms with E-state index in [4.69, 9.17) is 4.74 Å². The molecule has 76 valence electrons. The smallest absolute Gasteiger partial charge is 0.264 e. The van der Waals surface area contributed by atoms with Crippen molar-refractivity contribution in [1.82, 2.24) is 0 Å². The lowest BCUT2D eigenvalue weighted by molar-refractivity contribution is 0.0325. The summed E-state index contributed by atoms with van der Waals surface area (Å²) in [5, 5.41) is 0. The fourth-order valence-corrected chi connectivity index (χ4v) is 1.46. The van der Waals surface area contributed by atoms with Gasteiger partial charge in [0, 0.05) is 0 Å². The molecule has 1 rings (SSSR count). The topological polar surface area (TPSA) is 52.6 Å². The van der Waals surface area contributed by atoms with Crippen LogP contribution in [-0.2, 0) is 19.0 Å². The van der Waals surface area contributed by atoms with E-state index in [-0.39, 0.29) is 18.8 Å². The predicted octanol–water partition coefficient (Wildman–Crippen LogP) is 0.696. The zero-order valence-electron chi connectivity index (χ0n) is 7.76. The second kappa shape index (κ2) is 4.21. The molecule has 0 fully saturated rings. The van der Waals surface area contributed by atoms with Crippen LogP contribution in [0.3, 0.4) is 0 Å². The van der Waals surface area contributed by atoms with Gasteiger partial charge in [-0.15, -0.1) is 0 Å². The highest BCUT2D eigenvalue weighted by Gasteiger charge is 2.19. The van der Waals surface area contributed by atoms with Crippen LogP contribution in [0.4, 0.5) is 0 Å². The van der Waals surface area contributed by atoms with E-state index in [2.05, 4.69) is 4.18 Å². The zero-order chi connectivity index (χ0) is 9.90. The molecule has 0 saturated heterocycles. The van der Waals surface area contributed by atoms with Crippen molar-refractivity contribution in [2.24, 2.45) is 0 Å². The molecule has 2 atom stereocenters. The van der Waals surface area contributed by atoms with Crippen molar-refractivity contribution in [3.8, 4) is 0 Å². The molecule has 0 amide bonds. The van der Waals surface area contributed by atoms with Gasteiger partial charge in [0.1, 0.15) is 6.10 Å². The van der Waals surface area contributed by atoms with Crippen LogP contribution < -0.4 is 0 Å². The Hall–Kier alpha value is -0.390. The van der Waals surface area contributed by atoms with Crippen molar-refractivity contribution in [3.05, 3.63) is 12.2 Å². The van der Waals surface area contributed by atoms with Gasteiger partial charge in [0.05, 0.1) is 19.0 Å². The monoisotopic (exact) mass is 206 g/mol. The molecule has 0 N–H and O–H groups in total. The summed E-state index contributed by atoms with van der Waals surface area (Å²) in [4.78, 5) is 0. The van der Waals surface area contributed by atoms with Gasteiger partial charge in [0.15, 0.2) is 0 Å². The first-order valence-electron chi connectivity index (χ1n) is 4.19. The fourth-order valence-electron chi connectivity index (χ4n) is 1.08. The molecule has 13 heavy (non-hydrogen) atoms. The van der Waals surface area contributed by atoms with Crippen LogP contribution in [0.1, 0.15) is 13.3 Å². The van der Waals surface area contributed by atoms with Crippen molar-refractivity contribution >= 4 is 10.1 Å².